The number of hydrogen-bond acceptors (Lipinski definition) is 6. The molecule has 144 valence electrons. The molecular weight excluding hydrogens is 334 g/mol. The molecule has 0 aromatic carbocycles. The summed E-state index contributed by atoms with van der Waals surface area (Å²) < 4.78 is 16.8. The van der Waals surface area contributed by atoms with Crippen molar-refractivity contribution in [1.29, 1.82) is 0 Å². The number of pyridine rings is 1. The molecule has 0 aliphatic carbocycles. The quantitative estimate of drug-likeness (QED) is 0.769. The van der Waals surface area contributed by atoms with Gasteiger partial charge < -0.3 is 24.0 Å². The molecule has 0 radical (unpaired) electrons. The van der Waals surface area contributed by atoms with Gasteiger partial charge in [0.15, 0.2) is 0 Å². The van der Waals surface area contributed by atoms with E-state index >= 15 is 0 Å². The number of anilines is 2. The average Bonchev–Trinajstić information content (AvgIpc) is 2.72. The van der Waals surface area contributed by atoms with E-state index in [1.54, 1.807) is 25.1 Å². The van der Waals surface area contributed by atoms with Crippen molar-refractivity contribution in [2.75, 3.05) is 56.4 Å². The third kappa shape index (κ3) is 4.93. The number of amides is 1. The maximum absolute atomic E-state index is 12.6. The van der Waals surface area contributed by atoms with Crippen LogP contribution in [0, 0.1) is 0 Å². The normalized spacial score (nSPS) is 22.1. The largest absolute Gasteiger partial charge is 0.378 e. The van der Waals surface area contributed by atoms with Gasteiger partial charge in [0, 0.05) is 26.7 Å². The highest BCUT2D eigenvalue weighted by Crippen LogP contribution is 2.19. The van der Waals surface area contributed by atoms with Gasteiger partial charge in [-0.05, 0) is 38.3 Å². The Morgan fingerprint density at radius 1 is 1.35 bits per heavy atom. The first-order valence-corrected chi connectivity index (χ1v) is 9.44. The Hall–Kier alpha value is -1.70. The van der Waals surface area contributed by atoms with E-state index in [2.05, 4.69) is 9.88 Å². The molecule has 2 saturated heterocycles. The summed E-state index contributed by atoms with van der Waals surface area (Å²) in [6.45, 7) is 6.18. The Morgan fingerprint density at radius 3 is 2.81 bits per heavy atom. The Labute approximate surface area is 155 Å². The molecule has 1 aromatic rings. The van der Waals surface area contributed by atoms with E-state index in [1.165, 1.54) is 0 Å². The number of nitrogens with zero attached hydrogens (tertiary/aromatic N) is 3. The summed E-state index contributed by atoms with van der Waals surface area (Å²) >= 11 is 0. The molecular formula is C19H29N3O4. The van der Waals surface area contributed by atoms with Crippen LogP contribution in [0.3, 0.4) is 0 Å². The lowest BCUT2D eigenvalue weighted by Crippen LogP contribution is -2.38. The van der Waals surface area contributed by atoms with Gasteiger partial charge in [-0.1, -0.05) is 0 Å². The zero-order chi connectivity index (χ0) is 18.4. The van der Waals surface area contributed by atoms with Crippen molar-refractivity contribution < 1.29 is 19.0 Å². The Morgan fingerprint density at radius 2 is 2.15 bits per heavy atom. The van der Waals surface area contributed by atoms with Gasteiger partial charge in [0.2, 0.25) is 0 Å². The molecule has 3 heterocycles. The molecule has 1 aromatic heterocycles. The van der Waals surface area contributed by atoms with Crippen molar-refractivity contribution in [3.05, 3.63) is 18.3 Å². The highest BCUT2D eigenvalue weighted by molar-refractivity contribution is 5.95. The molecule has 26 heavy (non-hydrogen) atoms. The monoisotopic (exact) mass is 363 g/mol. The molecule has 0 spiro atoms. The molecule has 0 saturated carbocycles. The lowest BCUT2D eigenvalue weighted by atomic mass is 10.1. The van der Waals surface area contributed by atoms with Crippen LogP contribution in [0.1, 0.15) is 26.2 Å². The zero-order valence-corrected chi connectivity index (χ0v) is 15.7. The predicted octanol–water partition coefficient (Wildman–Crippen LogP) is 1.86. The second-order valence-electron chi connectivity index (χ2n) is 6.84. The summed E-state index contributed by atoms with van der Waals surface area (Å²) in [6, 6.07) is 3.87. The Bertz CT molecular complexity index is 569. The van der Waals surface area contributed by atoms with Crippen LogP contribution < -0.4 is 9.80 Å². The van der Waals surface area contributed by atoms with Gasteiger partial charge in [-0.15, -0.1) is 0 Å². The summed E-state index contributed by atoms with van der Waals surface area (Å²) in [6.07, 6.45) is 4.62. The van der Waals surface area contributed by atoms with E-state index in [-0.39, 0.29) is 12.0 Å². The van der Waals surface area contributed by atoms with E-state index in [0.717, 1.165) is 63.7 Å². The number of ether oxygens (including phenoxy) is 3. The van der Waals surface area contributed by atoms with Crippen LogP contribution in [0.4, 0.5) is 11.5 Å². The summed E-state index contributed by atoms with van der Waals surface area (Å²) in [5, 5.41) is 0. The van der Waals surface area contributed by atoms with Gasteiger partial charge in [-0.25, -0.2) is 4.98 Å². The van der Waals surface area contributed by atoms with Crippen molar-refractivity contribution in [1.82, 2.24) is 4.98 Å². The number of aromatic nitrogens is 1. The number of rotatable bonds is 6. The van der Waals surface area contributed by atoms with E-state index < -0.39 is 6.10 Å². The van der Waals surface area contributed by atoms with Gasteiger partial charge in [0.05, 0.1) is 37.8 Å². The van der Waals surface area contributed by atoms with Crippen LogP contribution in [0.5, 0.6) is 0 Å². The molecule has 1 amide bonds. The van der Waals surface area contributed by atoms with E-state index in [9.17, 15) is 4.79 Å². The fourth-order valence-electron chi connectivity index (χ4n) is 3.22. The average molecular weight is 363 g/mol. The molecule has 7 nitrogen and oxygen atoms in total. The Balaban J connectivity index is 1.51. The molecule has 7 heteroatoms. The summed E-state index contributed by atoms with van der Waals surface area (Å²) in [7, 11) is 1.75. The maximum Gasteiger partial charge on any atom is 0.255 e. The number of morpholine rings is 1. The first-order valence-electron chi connectivity index (χ1n) is 9.44. The summed E-state index contributed by atoms with van der Waals surface area (Å²) in [4.78, 5) is 20.9. The van der Waals surface area contributed by atoms with Gasteiger partial charge in [0.25, 0.3) is 5.91 Å². The fraction of sp³-hybridized carbons (Fsp3) is 0.684. The zero-order valence-electron chi connectivity index (χ0n) is 15.7. The van der Waals surface area contributed by atoms with Crippen LogP contribution in [0.2, 0.25) is 0 Å². The minimum atomic E-state index is -0.510. The Kier molecular flexibility index (Phi) is 6.82. The van der Waals surface area contributed by atoms with Gasteiger partial charge in [-0.2, -0.15) is 0 Å². The minimum absolute atomic E-state index is 0.0817. The smallest absolute Gasteiger partial charge is 0.255 e. The van der Waals surface area contributed by atoms with Crippen LogP contribution in [-0.4, -0.2) is 69.7 Å². The van der Waals surface area contributed by atoms with Crippen molar-refractivity contribution in [2.24, 2.45) is 0 Å². The van der Waals surface area contributed by atoms with E-state index in [0.29, 0.717) is 6.61 Å². The van der Waals surface area contributed by atoms with Crippen LogP contribution in [0.15, 0.2) is 18.3 Å². The molecule has 2 aliphatic heterocycles. The van der Waals surface area contributed by atoms with Crippen molar-refractivity contribution in [3.8, 4) is 0 Å². The van der Waals surface area contributed by atoms with E-state index in [1.807, 2.05) is 12.1 Å². The minimum Gasteiger partial charge on any atom is -0.378 e. The topological polar surface area (TPSA) is 64.1 Å². The molecule has 2 unspecified atom stereocenters. The highest BCUT2D eigenvalue weighted by atomic mass is 16.5. The standard InChI is InChI=1S/C19H29N3O4/c1-15(26-14-17-5-3-4-10-25-17)19(23)21(2)16-6-7-18(20-13-16)22-8-11-24-12-9-22/h6-7,13,15,17H,3-5,8-12,14H2,1-2H3. The molecule has 3 rings (SSSR count). The lowest BCUT2D eigenvalue weighted by Gasteiger charge is -2.28. The highest BCUT2D eigenvalue weighted by Gasteiger charge is 2.22. The summed E-state index contributed by atoms with van der Waals surface area (Å²) in [5.41, 5.74) is 0.761. The third-order valence-electron chi connectivity index (χ3n) is 4.94. The first kappa shape index (κ1) is 19.1. The SMILES string of the molecule is CC(OCC1CCCCO1)C(=O)N(C)c1ccc(N2CCOCC2)nc1. The van der Waals surface area contributed by atoms with Crippen molar-refractivity contribution >= 4 is 17.4 Å². The second-order valence-corrected chi connectivity index (χ2v) is 6.84. The predicted molar refractivity (Wildman–Crippen MR) is 99.7 cm³/mol. The van der Waals surface area contributed by atoms with Crippen molar-refractivity contribution in [3.63, 3.8) is 0 Å². The molecule has 2 atom stereocenters. The van der Waals surface area contributed by atoms with Gasteiger partial charge >= 0.3 is 0 Å². The number of hydrogen-bond donors (Lipinski definition) is 0. The molecule has 0 bridgehead atoms. The summed E-state index contributed by atoms with van der Waals surface area (Å²) in [5.74, 6) is 0.832. The van der Waals surface area contributed by atoms with Crippen molar-refractivity contribution in [2.45, 2.75) is 38.4 Å². The third-order valence-corrected chi connectivity index (χ3v) is 4.94. The molecule has 2 fully saturated rings. The molecule has 2 aliphatic rings. The van der Waals surface area contributed by atoms with Crippen LogP contribution in [0.25, 0.3) is 0 Å². The van der Waals surface area contributed by atoms with Gasteiger partial charge in [0.1, 0.15) is 11.9 Å². The second kappa shape index (κ2) is 9.30. The first-order chi connectivity index (χ1) is 12.6. The number of likely N-dealkylation sites (N-methyl/N-ethyl adjacent to an activating group) is 1. The van der Waals surface area contributed by atoms with Crippen LogP contribution in [-0.2, 0) is 19.0 Å². The lowest BCUT2D eigenvalue weighted by molar-refractivity contribution is -0.132. The number of carbonyl (C=O) groups excluding carboxylic acids is 1. The maximum atomic E-state index is 12.6. The van der Waals surface area contributed by atoms with Gasteiger partial charge in [-0.3, -0.25) is 4.79 Å². The van der Waals surface area contributed by atoms with E-state index in [4.69, 9.17) is 14.2 Å². The molecule has 0 N–H and O–H groups in total. The number of carbonyl (C=O) groups is 1. The van der Waals surface area contributed by atoms with Crippen LogP contribution >= 0.6 is 0 Å². The fourth-order valence-corrected chi connectivity index (χ4v) is 3.22.